The van der Waals surface area contributed by atoms with Gasteiger partial charge >= 0.3 is 0 Å². The van der Waals surface area contributed by atoms with Crippen molar-refractivity contribution in [3.8, 4) is 0 Å². The van der Waals surface area contributed by atoms with Crippen LogP contribution < -0.4 is 0 Å². The fraction of sp³-hybridized carbons (Fsp3) is 0.727. The highest BCUT2D eigenvalue weighted by Gasteiger charge is 2.20. The summed E-state index contributed by atoms with van der Waals surface area (Å²) in [6, 6.07) is 0.234. The Bertz CT molecular complexity index is 322. The van der Waals surface area contributed by atoms with Gasteiger partial charge in [0.1, 0.15) is 5.82 Å². The molecule has 0 saturated carbocycles. The van der Waals surface area contributed by atoms with Crippen molar-refractivity contribution in [2.45, 2.75) is 31.7 Å². The molecule has 0 radical (unpaired) electrons. The first-order valence-corrected chi connectivity index (χ1v) is 5.51. The zero-order valence-electron chi connectivity index (χ0n) is 9.15. The third-order valence-electron chi connectivity index (χ3n) is 2.96. The standard InChI is InChI=1S/C11H18N2O2/c1-15-6-5-9-7-13-10(8-14)3-2-4-11(13)12-9/h7,10,14H,2-6,8H2,1H3. The second-order valence-corrected chi connectivity index (χ2v) is 4.03. The molecule has 1 aliphatic heterocycles. The van der Waals surface area contributed by atoms with Crippen LogP contribution in [0.1, 0.15) is 30.4 Å². The fourth-order valence-electron chi connectivity index (χ4n) is 2.13. The van der Waals surface area contributed by atoms with E-state index in [2.05, 4.69) is 15.7 Å². The van der Waals surface area contributed by atoms with Crippen molar-refractivity contribution in [1.29, 1.82) is 0 Å². The smallest absolute Gasteiger partial charge is 0.109 e. The van der Waals surface area contributed by atoms with Crippen molar-refractivity contribution in [2.24, 2.45) is 0 Å². The summed E-state index contributed by atoms with van der Waals surface area (Å²) in [5, 5.41) is 9.25. The van der Waals surface area contributed by atoms with Crippen LogP contribution in [0.3, 0.4) is 0 Å². The average Bonchev–Trinajstić information content (AvgIpc) is 2.68. The lowest BCUT2D eigenvalue weighted by Crippen LogP contribution is -2.20. The third kappa shape index (κ3) is 2.21. The quantitative estimate of drug-likeness (QED) is 0.804. The molecule has 1 N–H and O–H groups in total. The number of methoxy groups -OCH3 is 1. The van der Waals surface area contributed by atoms with Crippen molar-refractivity contribution in [3.63, 3.8) is 0 Å². The first kappa shape index (κ1) is 10.6. The summed E-state index contributed by atoms with van der Waals surface area (Å²) in [7, 11) is 1.70. The number of ether oxygens (including phenoxy) is 1. The molecular weight excluding hydrogens is 192 g/mol. The maximum atomic E-state index is 9.25. The van der Waals surface area contributed by atoms with E-state index in [1.54, 1.807) is 7.11 Å². The fourth-order valence-corrected chi connectivity index (χ4v) is 2.13. The van der Waals surface area contributed by atoms with Crippen LogP contribution in [0.15, 0.2) is 6.20 Å². The van der Waals surface area contributed by atoms with Gasteiger partial charge in [-0.2, -0.15) is 0 Å². The van der Waals surface area contributed by atoms with Crippen LogP contribution in [-0.2, 0) is 17.6 Å². The molecule has 4 heteroatoms. The summed E-state index contributed by atoms with van der Waals surface area (Å²) >= 11 is 0. The Labute approximate surface area is 89.9 Å². The molecule has 0 saturated heterocycles. The average molecular weight is 210 g/mol. The Balaban J connectivity index is 2.14. The molecular formula is C11H18N2O2. The number of rotatable bonds is 4. The number of imidazole rings is 1. The van der Waals surface area contributed by atoms with Crippen LogP contribution in [-0.4, -0.2) is 35.0 Å². The van der Waals surface area contributed by atoms with Crippen LogP contribution in [0.5, 0.6) is 0 Å². The Morgan fingerprint density at radius 1 is 1.67 bits per heavy atom. The van der Waals surface area contributed by atoms with Gasteiger partial charge in [-0.3, -0.25) is 0 Å². The normalized spacial score (nSPS) is 20.3. The molecule has 1 aromatic rings. The molecule has 15 heavy (non-hydrogen) atoms. The van der Waals surface area contributed by atoms with E-state index in [1.165, 1.54) is 0 Å². The topological polar surface area (TPSA) is 47.3 Å². The molecule has 0 aliphatic carbocycles. The monoisotopic (exact) mass is 210 g/mol. The van der Waals surface area contributed by atoms with E-state index in [-0.39, 0.29) is 12.6 Å². The molecule has 0 bridgehead atoms. The largest absolute Gasteiger partial charge is 0.394 e. The molecule has 1 unspecified atom stereocenters. The van der Waals surface area contributed by atoms with Gasteiger partial charge < -0.3 is 14.4 Å². The van der Waals surface area contributed by atoms with E-state index < -0.39 is 0 Å². The molecule has 0 amide bonds. The van der Waals surface area contributed by atoms with Gasteiger partial charge in [0.25, 0.3) is 0 Å². The minimum Gasteiger partial charge on any atom is -0.394 e. The molecule has 2 heterocycles. The van der Waals surface area contributed by atoms with E-state index in [9.17, 15) is 5.11 Å². The highest BCUT2D eigenvalue weighted by atomic mass is 16.5. The summed E-state index contributed by atoms with van der Waals surface area (Å²) in [6.07, 6.45) is 6.14. The number of aliphatic hydroxyl groups is 1. The lowest BCUT2D eigenvalue weighted by atomic mass is 10.1. The maximum absolute atomic E-state index is 9.25. The van der Waals surface area contributed by atoms with Crippen LogP contribution in [0.2, 0.25) is 0 Å². The van der Waals surface area contributed by atoms with Gasteiger partial charge in [-0.1, -0.05) is 0 Å². The summed E-state index contributed by atoms with van der Waals surface area (Å²) in [6.45, 7) is 0.924. The predicted molar refractivity (Wildman–Crippen MR) is 56.9 cm³/mol. The molecule has 1 aliphatic rings. The maximum Gasteiger partial charge on any atom is 0.109 e. The van der Waals surface area contributed by atoms with Crippen LogP contribution in [0, 0.1) is 0 Å². The van der Waals surface area contributed by atoms with Crippen molar-refractivity contribution in [1.82, 2.24) is 9.55 Å². The van der Waals surface area contributed by atoms with E-state index in [0.717, 1.165) is 37.2 Å². The Morgan fingerprint density at radius 3 is 3.27 bits per heavy atom. The molecule has 0 aromatic carbocycles. The summed E-state index contributed by atoms with van der Waals surface area (Å²) in [4.78, 5) is 4.56. The zero-order valence-corrected chi connectivity index (χ0v) is 9.15. The minimum absolute atomic E-state index is 0.215. The summed E-state index contributed by atoms with van der Waals surface area (Å²) in [5.41, 5.74) is 1.08. The van der Waals surface area contributed by atoms with Crippen LogP contribution in [0.4, 0.5) is 0 Å². The van der Waals surface area contributed by atoms with E-state index in [4.69, 9.17) is 4.74 Å². The lowest BCUT2D eigenvalue weighted by molar-refractivity contribution is 0.201. The number of nitrogens with zero attached hydrogens (tertiary/aromatic N) is 2. The zero-order chi connectivity index (χ0) is 10.7. The highest BCUT2D eigenvalue weighted by molar-refractivity contribution is 5.08. The van der Waals surface area contributed by atoms with Crippen molar-refractivity contribution in [2.75, 3.05) is 20.3 Å². The predicted octanol–water partition coefficient (Wildman–Crippen LogP) is 0.942. The summed E-state index contributed by atoms with van der Waals surface area (Å²) in [5.74, 6) is 1.12. The van der Waals surface area contributed by atoms with Gasteiger partial charge in [-0.15, -0.1) is 0 Å². The van der Waals surface area contributed by atoms with Crippen molar-refractivity contribution >= 4 is 0 Å². The van der Waals surface area contributed by atoms with Gasteiger partial charge in [0.2, 0.25) is 0 Å². The van der Waals surface area contributed by atoms with E-state index in [1.807, 2.05) is 0 Å². The van der Waals surface area contributed by atoms with Gasteiger partial charge in [0.15, 0.2) is 0 Å². The van der Waals surface area contributed by atoms with E-state index >= 15 is 0 Å². The van der Waals surface area contributed by atoms with Gasteiger partial charge in [0, 0.05) is 26.1 Å². The molecule has 0 fully saturated rings. The van der Waals surface area contributed by atoms with Gasteiger partial charge in [0.05, 0.1) is 24.9 Å². The molecule has 0 spiro atoms. The highest BCUT2D eigenvalue weighted by Crippen LogP contribution is 2.24. The second-order valence-electron chi connectivity index (χ2n) is 4.03. The molecule has 2 rings (SSSR count). The Morgan fingerprint density at radius 2 is 2.53 bits per heavy atom. The third-order valence-corrected chi connectivity index (χ3v) is 2.96. The number of aryl methyl sites for hydroxylation is 1. The SMILES string of the molecule is COCCc1cn2c(n1)CCCC2CO. The molecule has 84 valence electrons. The second kappa shape index (κ2) is 4.77. The van der Waals surface area contributed by atoms with Crippen LogP contribution in [0.25, 0.3) is 0 Å². The number of aromatic nitrogens is 2. The number of hydrogen-bond donors (Lipinski definition) is 1. The molecule has 1 aromatic heterocycles. The molecule has 4 nitrogen and oxygen atoms in total. The first-order chi connectivity index (χ1) is 7.35. The number of aliphatic hydroxyl groups excluding tert-OH is 1. The van der Waals surface area contributed by atoms with Crippen molar-refractivity contribution in [3.05, 3.63) is 17.7 Å². The number of hydrogen-bond acceptors (Lipinski definition) is 3. The lowest BCUT2D eigenvalue weighted by Gasteiger charge is -2.22. The van der Waals surface area contributed by atoms with Crippen molar-refractivity contribution < 1.29 is 9.84 Å². The molecule has 1 atom stereocenters. The van der Waals surface area contributed by atoms with E-state index in [0.29, 0.717) is 6.61 Å². The van der Waals surface area contributed by atoms with Gasteiger partial charge in [-0.05, 0) is 12.8 Å². The van der Waals surface area contributed by atoms with Crippen LogP contribution >= 0.6 is 0 Å². The Hall–Kier alpha value is -0.870. The number of fused-ring (bicyclic) bond motifs is 1. The Kier molecular flexibility index (Phi) is 3.38. The minimum atomic E-state index is 0.215. The summed E-state index contributed by atoms with van der Waals surface area (Å²) < 4.78 is 7.17. The van der Waals surface area contributed by atoms with Gasteiger partial charge in [-0.25, -0.2) is 4.98 Å². The first-order valence-electron chi connectivity index (χ1n) is 5.51.